The molecule has 5 aromatic rings. The number of thiocarbonyl (C=S) groups is 1. The summed E-state index contributed by atoms with van der Waals surface area (Å²) in [5.74, 6) is 1.44. The molecule has 39 heavy (non-hydrogen) atoms. The van der Waals surface area contributed by atoms with Crippen molar-refractivity contribution in [2.45, 2.75) is 26.1 Å². The highest BCUT2D eigenvalue weighted by atomic mass is 32.1. The van der Waals surface area contributed by atoms with E-state index >= 15 is 0 Å². The molecule has 0 fully saturated rings. The lowest BCUT2D eigenvalue weighted by Gasteiger charge is -2.16. The molecule has 2 heterocycles. The molecular formula is C28H24F3N7S. The number of alkyl halides is 3. The summed E-state index contributed by atoms with van der Waals surface area (Å²) >= 11 is 5.51. The number of rotatable bonds is 6. The quantitative estimate of drug-likeness (QED) is 0.152. The van der Waals surface area contributed by atoms with Crippen LogP contribution < -0.4 is 16.0 Å². The molecule has 7 nitrogen and oxygen atoms in total. The van der Waals surface area contributed by atoms with Crippen LogP contribution in [-0.4, -0.2) is 31.2 Å². The zero-order chi connectivity index (χ0) is 27.6. The topological polar surface area (TPSA) is 79.7 Å². The van der Waals surface area contributed by atoms with Crippen LogP contribution in [0.2, 0.25) is 0 Å². The smallest absolute Gasteiger partial charge is 0.332 e. The Morgan fingerprint density at radius 1 is 0.923 bits per heavy atom. The Morgan fingerprint density at radius 3 is 2.44 bits per heavy atom. The first kappa shape index (κ1) is 26.1. The molecule has 0 aliphatic carbocycles. The standard InChI is InChI=1S/C28H24F3N7S/c1-17(2)22-5-3-4-6-24(22)34-27(39)35-25-14-8-18-15-19(7-13-23(18)33-25)26-32-16-38(37-26)21-11-9-20(10-12-21)36-28(29,30)31/h3-17,36H,1-2H3,(H2,33,34,35,39). The summed E-state index contributed by atoms with van der Waals surface area (Å²) in [5, 5.41) is 13.7. The maximum absolute atomic E-state index is 12.5. The van der Waals surface area contributed by atoms with Gasteiger partial charge in [-0.15, -0.1) is 5.10 Å². The normalized spacial score (nSPS) is 11.5. The maximum atomic E-state index is 12.5. The van der Waals surface area contributed by atoms with Gasteiger partial charge in [0.1, 0.15) is 12.1 Å². The number of halogens is 3. The molecule has 0 atom stereocenters. The van der Waals surface area contributed by atoms with Gasteiger partial charge in [-0.3, -0.25) is 5.32 Å². The summed E-state index contributed by atoms with van der Waals surface area (Å²) in [5.41, 5.74) is 4.20. The minimum atomic E-state index is -4.49. The van der Waals surface area contributed by atoms with Crippen LogP contribution in [0, 0.1) is 0 Å². The molecule has 3 N–H and O–H groups in total. The van der Waals surface area contributed by atoms with Crippen LogP contribution >= 0.6 is 12.2 Å². The van der Waals surface area contributed by atoms with E-state index < -0.39 is 6.30 Å². The lowest BCUT2D eigenvalue weighted by molar-refractivity contribution is -0.0999. The largest absolute Gasteiger partial charge is 0.482 e. The molecule has 0 radical (unpaired) electrons. The van der Waals surface area contributed by atoms with Crippen molar-refractivity contribution >= 4 is 45.4 Å². The molecule has 0 aliphatic rings. The fourth-order valence-electron chi connectivity index (χ4n) is 4.10. The second kappa shape index (κ2) is 10.7. The zero-order valence-corrected chi connectivity index (χ0v) is 21.8. The van der Waals surface area contributed by atoms with Gasteiger partial charge in [0, 0.05) is 22.3 Å². The Hall–Kier alpha value is -4.51. The van der Waals surface area contributed by atoms with E-state index in [1.807, 2.05) is 48.5 Å². The van der Waals surface area contributed by atoms with Gasteiger partial charge in [-0.05, 0) is 84.4 Å². The summed E-state index contributed by atoms with van der Waals surface area (Å²) in [6, 6.07) is 23.2. The zero-order valence-electron chi connectivity index (χ0n) is 21.0. The molecule has 0 amide bonds. The molecule has 0 saturated carbocycles. The third-order valence-electron chi connectivity index (χ3n) is 5.93. The molecule has 0 spiro atoms. The monoisotopic (exact) mass is 547 g/mol. The predicted molar refractivity (Wildman–Crippen MR) is 152 cm³/mol. The molecule has 0 unspecified atom stereocenters. The third-order valence-corrected chi connectivity index (χ3v) is 6.13. The molecule has 5 rings (SSSR count). The molecule has 0 saturated heterocycles. The Morgan fingerprint density at radius 2 is 1.69 bits per heavy atom. The number of benzene rings is 3. The van der Waals surface area contributed by atoms with E-state index in [1.165, 1.54) is 46.2 Å². The molecular weight excluding hydrogens is 523 g/mol. The number of fused-ring (bicyclic) bond motifs is 1. The highest BCUT2D eigenvalue weighted by molar-refractivity contribution is 7.80. The van der Waals surface area contributed by atoms with Crippen molar-refractivity contribution in [1.29, 1.82) is 0 Å². The van der Waals surface area contributed by atoms with Crippen LogP contribution in [0.5, 0.6) is 0 Å². The second-order valence-electron chi connectivity index (χ2n) is 9.11. The Balaban J connectivity index is 1.29. The molecule has 3 aromatic carbocycles. The molecule has 2 aromatic heterocycles. The van der Waals surface area contributed by atoms with Crippen molar-refractivity contribution in [2.75, 3.05) is 16.0 Å². The van der Waals surface area contributed by atoms with Crippen LogP contribution in [0.15, 0.2) is 85.2 Å². The predicted octanol–water partition coefficient (Wildman–Crippen LogP) is 7.35. The van der Waals surface area contributed by atoms with E-state index in [0.717, 1.165) is 22.2 Å². The summed E-state index contributed by atoms with van der Waals surface area (Å²) in [4.78, 5) is 9.03. The van der Waals surface area contributed by atoms with Crippen molar-refractivity contribution in [2.24, 2.45) is 0 Å². The summed E-state index contributed by atoms with van der Waals surface area (Å²) in [6.07, 6.45) is -2.98. The lowest BCUT2D eigenvalue weighted by atomic mass is 10.0. The van der Waals surface area contributed by atoms with Gasteiger partial charge >= 0.3 is 6.30 Å². The van der Waals surface area contributed by atoms with E-state index in [1.54, 1.807) is 0 Å². The number of pyridine rings is 1. The van der Waals surface area contributed by atoms with Gasteiger partial charge < -0.3 is 10.6 Å². The van der Waals surface area contributed by atoms with Gasteiger partial charge in [0.05, 0.1) is 11.2 Å². The van der Waals surface area contributed by atoms with Crippen LogP contribution in [-0.2, 0) is 0 Å². The van der Waals surface area contributed by atoms with Crippen LogP contribution in [0.4, 0.5) is 30.4 Å². The SMILES string of the molecule is CC(C)c1ccccc1NC(=S)Nc1ccc2cc(-c3ncn(-c4ccc(NC(F)(F)F)cc4)n3)ccc2n1. The number of anilines is 3. The third kappa shape index (κ3) is 6.32. The Labute approximate surface area is 228 Å². The average molecular weight is 548 g/mol. The molecule has 0 bridgehead atoms. The Kier molecular flexibility index (Phi) is 7.16. The summed E-state index contributed by atoms with van der Waals surface area (Å²) in [7, 11) is 0. The van der Waals surface area contributed by atoms with Crippen LogP contribution in [0.25, 0.3) is 28.0 Å². The van der Waals surface area contributed by atoms with E-state index in [4.69, 9.17) is 12.2 Å². The van der Waals surface area contributed by atoms with Crippen molar-refractivity contribution in [1.82, 2.24) is 19.7 Å². The first-order chi connectivity index (χ1) is 18.6. The van der Waals surface area contributed by atoms with E-state index in [-0.39, 0.29) is 5.69 Å². The highest BCUT2D eigenvalue weighted by Gasteiger charge is 2.26. The summed E-state index contributed by atoms with van der Waals surface area (Å²) in [6.45, 7) is 4.26. The number of nitrogens with zero attached hydrogens (tertiary/aromatic N) is 4. The Bertz CT molecular complexity index is 1630. The minimum absolute atomic E-state index is 0.0561. The van der Waals surface area contributed by atoms with Crippen molar-refractivity contribution < 1.29 is 13.2 Å². The van der Waals surface area contributed by atoms with Gasteiger partial charge in [-0.25, -0.2) is 14.6 Å². The number of aromatic nitrogens is 4. The summed E-state index contributed by atoms with van der Waals surface area (Å²) < 4.78 is 39.0. The fraction of sp³-hybridized carbons (Fsp3) is 0.143. The van der Waals surface area contributed by atoms with Gasteiger partial charge in [-0.2, -0.15) is 13.2 Å². The number of para-hydroxylation sites is 1. The van der Waals surface area contributed by atoms with E-state index in [0.29, 0.717) is 28.4 Å². The van der Waals surface area contributed by atoms with Gasteiger partial charge in [0.15, 0.2) is 10.9 Å². The van der Waals surface area contributed by atoms with Gasteiger partial charge in [0.25, 0.3) is 0 Å². The van der Waals surface area contributed by atoms with Gasteiger partial charge in [0.2, 0.25) is 0 Å². The van der Waals surface area contributed by atoms with Gasteiger partial charge in [-0.1, -0.05) is 32.0 Å². The van der Waals surface area contributed by atoms with E-state index in [9.17, 15) is 13.2 Å². The van der Waals surface area contributed by atoms with Crippen molar-refractivity contribution in [3.05, 3.63) is 90.8 Å². The minimum Gasteiger partial charge on any atom is -0.332 e. The highest BCUT2D eigenvalue weighted by Crippen LogP contribution is 2.26. The van der Waals surface area contributed by atoms with Crippen LogP contribution in [0.3, 0.4) is 0 Å². The second-order valence-corrected chi connectivity index (χ2v) is 9.52. The van der Waals surface area contributed by atoms with Crippen molar-refractivity contribution in [3.8, 4) is 17.1 Å². The number of nitrogens with one attached hydrogen (secondary N) is 3. The number of hydrogen-bond acceptors (Lipinski definition) is 5. The maximum Gasteiger partial charge on any atom is 0.482 e. The number of hydrogen-bond donors (Lipinski definition) is 3. The molecule has 198 valence electrons. The van der Waals surface area contributed by atoms with Crippen molar-refractivity contribution in [3.63, 3.8) is 0 Å². The van der Waals surface area contributed by atoms with E-state index in [2.05, 4.69) is 45.6 Å². The molecule has 0 aliphatic heterocycles. The fourth-order valence-corrected chi connectivity index (χ4v) is 4.31. The molecule has 11 heteroatoms. The van der Waals surface area contributed by atoms with Crippen LogP contribution in [0.1, 0.15) is 25.3 Å². The lowest BCUT2D eigenvalue weighted by Crippen LogP contribution is -2.20. The first-order valence-corrected chi connectivity index (χ1v) is 12.5. The average Bonchev–Trinajstić information content (AvgIpc) is 3.38. The first-order valence-electron chi connectivity index (χ1n) is 12.1.